The highest BCUT2D eigenvalue weighted by Crippen LogP contribution is 2.25. The van der Waals surface area contributed by atoms with Gasteiger partial charge >= 0.3 is 0 Å². The fourth-order valence-electron chi connectivity index (χ4n) is 1.99. The molecule has 17 heavy (non-hydrogen) atoms. The van der Waals surface area contributed by atoms with Gasteiger partial charge in [0, 0.05) is 25.1 Å². The van der Waals surface area contributed by atoms with Gasteiger partial charge in [0.2, 0.25) is 0 Å². The molecule has 5 nitrogen and oxygen atoms in total. The zero-order valence-electron chi connectivity index (χ0n) is 9.41. The standard InChI is InChI=1S/C12H14N4O/c13-5-9-6-16(7-9)12-4-10(14-8-15-12)11-2-1-3-17-11/h1-4,8-9H,5-7,13H2. The van der Waals surface area contributed by atoms with E-state index in [1.165, 1.54) is 0 Å². The van der Waals surface area contributed by atoms with Crippen molar-refractivity contribution >= 4 is 5.82 Å². The Morgan fingerprint density at radius 2 is 2.29 bits per heavy atom. The highest BCUT2D eigenvalue weighted by molar-refractivity contribution is 5.57. The molecule has 0 radical (unpaired) electrons. The molecule has 1 fully saturated rings. The van der Waals surface area contributed by atoms with Crippen LogP contribution in [0.4, 0.5) is 5.82 Å². The van der Waals surface area contributed by atoms with Crippen molar-refractivity contribution in [3.05, 3.63) is 30.8 Å². The first kappa shape index (κ1) is 10.3. The minimum Gasteiger partial charge on any atom is -0.463 e. The highest BCUT2D eigenvalue weighted by Gasteiger charge is 2.26. The van der Waals surface area contributed by atoms with Gasteiger partial charge in [-0.05, 0) is 18.7 Å². The monoisotopic (exact) mass is 230 g/mol. The summed E-state index contributed by atoms with van der Waals surface area (Å²) in [6.07, 6.45) is 3.22. The average molecular weight is 230 g/mol. The molecule has 2 aromatic heterocycles. The van der Waals surface area contributed by atoms with E-state index in [0.717, 1.165) is 36.9 Å². The van der Waals surface area contributed by atoms with Crippen molar-refractivity contribution in [3.8, 4) is 11.5 Å². The third-order valence-electron chi connectivity index (χ3n) is 3.04. The molecule has 88 valence electrons. The van der Waals surface area contributed by atoms with E-state index in [1.54, 1.807) is 12.6 Å². The lowest BCUT2D eigenvalue weighted by Gasteiger charge is -2.39. The molecule has 5 heteroatoms. The summed E-state index contributed by atoms with van der Waals surface area (Å²) in [6.45, 7) is 2.70. The van der Waals surface area contributed by atoms with Crippen LogP contribution in [0.15, 0.2) is 35.2 Å². The van der Waals surface area contributed by atoms with E-state index in [0.29, 0.717) is 5.92 Å². The zero-order valence-corrected chi connectivity index (χ0v) is 9.41. The number of anilines is 1. The minimum absolute atomic E-state index is 0.594. The number of rotatable bonds is 3. The second-order valence-corrected chi connectivity index (χ2v) is 4.25. The first-order chi connectivity index (χ1) is 8.36. The Morgan fingerprint density at radius 1 is 1.41 bits per heavy atom. The van der Waals surface area contributed by atoms with E-state index in [2.05, 4.69) is 14.9 Å². The lowest BCUT2D eigenvalue weighted by atomic mass is 10.0. The largest absolute Gasteiger partial charge is 0.463 e. The molecule has 0 aromatic carbocycles. The Balaban J connectivity index is 1.81. The Morgan fingerprint density at radius 3 is 3.00 bits per heavy atom. The third-order valence-corrected chi connectivity index (χ3v) is 3.04. The molecule has 1 aliphatic rings. The quantitative estimate of drug-likeness (QED) is 0.856. The molecular weight excluding hydrogens is 216 g/mol. The van der Waals surface area contributed by atoms with E-state index in [1.807, 2.05) is 18.2 Å². The van der Waals surface area contributed by atoms with Crippen LogP contribution in [0.3, 0.4) is 0 Å². The molecule has 2 aromatic rings. The lowest BCUT2D eigenvalue weighted by Crippen LogP contribution is -2.50. The van der Waals surface area contributed by atoms with Crippen molar-refractivity contribution in [2.45, 2.75) is 0 Å². The van der Waals surface area contributed by atoms with E-state index >= 15 is 0 Å². The molecule has 0 atom stereocenters. The lowest BCUT2D eigenvalue weighted by molar-refractivity contribution is 0.417. The molecule has 0 unspecified atom stereocenters. The molecule has 0 saturated carbocycles. The smallest absolute Gasteiger partial charge is 0.152 e. The molecule has 0 amide bonds. The Kier molecular flexibility index (Phi) is 2.53. The fraction of sp³-hybridized carbons (Fsp3) is 0.333. The minimum atomic E-state index is 0.594. The topological polar surface area (TPSA) is 68.2 Å². The number of hydrogen-bond donors (Lipinski definition) is 1. The van der Waals surface area contributed by atoms with Gasteiger partial charge in [0.1, 0.15) is 17.8 Å². The van der Waals surface area contributed by atoms with Crippen LogP contribution >= 0.6 is 0 Å². The second kappa shape index (κ2) is 4.18. The van der Waals surface area contributed by atoms with E-state index < -0.39 is 0 Å². The number of hydrogen-bond acceptors (Lipinski definition) is 5. The van der Waals surface area contributed by atoms with Crippen LogP contribution in [-0.4, -0.2) is 29.6 Å². The average Bonchev–Trinajstić information content (AvgIpc) is 2.81. The van der Waals surface area contributed by atoms with Crippen LogP contribution in [-0.2, 0) is 0 Å². The summed E-state index contributed by atoms with van der Waals surface area (Å²) in [7, 11) is 0. The van der Waals surface area contributed by atoms with Crippen molar-refractivity contribution in [3.63, 3.8) is 0 Å². The number of furan rings is 1. The van der Waals surface area contributed by atoms with E-state index in [-0.39, 0.29) is 0 Å². The van der Waals surface area contributed by atoms with Crippen molar-refractivity contribution in [2.75, 3.05) is 24.5 Å². The summed E-state index contributed by atoms with van der Waals surface area (Å²) in [6, 6.07) is 5.70. The van der Waals surface area contributed by atoms with Gasteiger partial charge in [0.15, 0.2) is 5.76 Å². The van der Waals surface area contributed by atoms with Crippen molar-refractivity contribution in [1.82, 2.24) is 9.97 Å². The molecule has 3 rings (SSSR count). The van der Waals surface area contributed by atoms with Crippen LogP contribution in [0.25, 0.3) is 11.5 Å². The maximum Gasteiger partial charge on any atom is 0.152 e. The van der Waals surface area contributed by atoms with E-state index in [9.17, 15) is 0 Å². The number of nitrogens with zero attached hydrogens (tertiary/aromatic N) is 3. The Bertz CT molecular complexity index is 491. The van der Waals surface area contributed by atoms with E-state index in [4.69, 9.17) is 10.2 Å². The van der Waals surface area contributed by atoms with Crippen LogP contribution in [0.5, 0.6) is 0 Å². The first-order valence-corrected chi connectivity index (χ1v) is 5.68. The maximum absolute atomic E-state index is 5.61. The maximum atomic E-state index is 5.61. The summed E-state index contributed by atoms with van der Waals surface area (Å²) in [5, 5.41) is 0. The molecule has 0 aliphatic carbocycles. The Hall–Kier alpha value is -1.88. The van der Waals surface area contributed by atoms with Crippen LogP contribution in [0.2, 0.25) is 0 Å². The molecule has 1 aliphatic heterocycles. The predicted molar refractivity (Wildman–Crippen MR) is 64.5 cm³/mol. The van der Waals surface area contributed by atoms with Gasteiger partial charge < -0.3 is 15.1 Å². The summed E-state index contributed by atoms with van der Waals surface area (Å²) in [4.78, 5) is 10.7. The van der Waals surface area contributed by atoms with Crippen LogP contribution < -0.4 is 10.6 Å². The van der Waals surface area contributed by atoms with Crippen molar-refractivity contribution in [2.24, 2.45) is 11.7 Å². The Labute approximate surface area is 99.3 Å². The van der Waals surface area contributed by atoms with Gasteiger partial charge in [-0.15, -0.1) is 0 Å². The SMILES string of the molecule is NCC1CN(c2cc(-c3ccco3)ncn2)C1. The van der Waals surface area contributed by atoms with Gasteiger partial charge in [-0.2, -0.15) is 0 Å². The summed E-state index contributed by atoms with van der Waals surface area (Å²) >= 11 is 0. The van der Waals surface area contributed by atoms with Crippen molar-refractivity contribution in [1.29, 1.82) is 0 Å². The zero-order chi connectivity index (χ0) is 11.7. The van der Waals surface area contributed by atoms with Crippen molar-refractivity contribution < 1.29 is 4.42 Å². The van der Waals surface area contributed by atoms with Gasteiger partial charge in [-0.1, -0.05) is 0 Å². The first-order valence-electron chi connectivity index (χ1n) is 5.68. The third kappa shape index (κ3) is 1.89. The molecule has 2 N–H and O–H groups in total. The molecule has 0 spiro atoms. The van der Waals surface area contributed by atoms with Gasteiger partial charge in [0.05, 0.1) is 6.26 Å². The number of nitrogens with two attached hydrogens (primary N) is 1. The van der Waals surface area contributed by atoms with Gasteiger partial charge in [-0.3, -0.25) is 0 Å². The highest BCUT2D eigenvalue weighted by atomic mass is 16.3. The predicted octanol–water partition coefficient (Wildman–Crippen LogP) is 1.13. The van der Waals surface area contributed by atoms with Crippen LogP contribution in [0, 0.1) is 5.92 Å². The molecule has 0 bridgehead atoms. The summed E-state index contributed by atoms with van der Waals surface area (Å²) in [5.74, 6) is 2.30. The van der Waals surface area contributed by atoms with Crippen LogP contribution in [0.1, 0.15) is 0 Å². The fourth-order valence-corrected chi connectivity index (χ4v) is 1.99. The molecule has 1 saturated heterocycles. The number of aromatic nitrogens is 2. The van der Waals surface area contributed by atoms with Gasteiger partial charge in [-0.25, -0.2) is 9.97 Å². The second-order valence-electron chi connectivity index (χ2n) is 4.25. The summed E-state index contributed by atoms with van der Waals surface area (Å²) in [5.41, 5.74) is 6.42. The summed E-state index contributed by atoms with van der Waals surface area (Å²) < 4.78 is 5.32. The molecule has 3 heterocycles. The molecular formula is C12H14N4O. The van der Waals surface area contributed by atoms with Gasteiger partial charge in [0.25, 0.3) is 0 Å². The normalized spacial score (nSPS) is 15.9.